The van der Waals surface area contributed by atoms with Crippen LogP contribution in [0.25, 0.3) is 0 Å². The maximum atomic E-state index is 13.0. The topological polar surface area (TPSA) is 29.5 Å². The summed E-state index contributed by atoms with van der Waals surface area (Å²) in [5.41, 5.74) is 0.623. The van der Waals surface area contributed by atoms with Crippen molar-refractivity contribution in [1.29, 1.82) is 0 Å². The van der Waals surface area contributed by atoms with Crippen LogP contribution in [0.1, 0.15) is 18.6 Å². The molecule has 0 spiro atoms. The first-order valence-electron chi connectivity index (χ1n) is 4.74. The Hall–Kier alpha value is -0.740. The molecule has 0 unspecified atom stereocenters. The molecule has 0 fully saturated rings. The lowest BCUT2D eigenvalue weighted by atomic mass is 10.1. The molecule has 0 aliphatic rings. The quantitative estimate of drug-likeness (QED) is 0.788. The highest BCUT2D eigenvalue weighted by Crippen LogP contribution is 2.25. The summed E-state index contributed by atoms with van der Waals surface area (Å²) in [7, 11) is 0. The Morgan fingerprint density at radius 1 is 1.53 bits per heavy atom. The maximum Gasteiger partial charge on any atom is 0.128 e. The SMILES string of the molecule is CSCCOc1cc(F)ccc1[C@H](C)O. The molecule has 1 aromatic rings. The highest BCUT2D eigenvalue weighted by molar-refractivity contribution is 7.98. The molecule has 1 aromatic carbocycles. The molecule has 84 valence electrons. The predicted octanol–water partition coefficient (Wildman–Crippen LogP) is 2.62. The molecule has 2 nitrogen and oxygen atoms in total. The Morgan fingerprint density at radius 2 is 2.27 bits per heavy atom. The second kappa shape index (κ2) is 5.98. The average Bonchev–Trinajstić information content (AvgIpc) is 2.18. The molecular formula is C11H15FO2S. The lowest BCUT2D eigenvalue weighted by Gasteiger charge is -2.13. The van der Waals surface area contributed by atoms with E-state index in [1.807, 2.05) is 6.26 Å². The van der Waals surface area contributed by atoms with Crippen LogP contribution >= 0.6 is 11.8 Å². The average molecular weight is 230 g/mol. The lowest BCUT2D eigenvalue weighted by molar-refractivity contribution is 0.192. The van der Waals surface area contributed by atoms with E-state index in [0.717, 1.165) is 5.75 Å². The second-order valence-electron chi connectivity index (χ2n) is 3.20. The number of thioether (sulfide) groups is 1. The van der Waals surface area contributed by atoms with E-state index in [1.54, 1.807) is 24.8 Å². The molecule has 0 saturated heterocycles. The van der Waals surface area contributed by atoms with E-state index >= 15 is 0 Å². The molecule has 0 radical (unpaired) electrons. The van der Waals surface area contributed by atoms with Crippen LogP contribution in [0.3, 0.4) is 0 Å². The highest BCUT2D eigenvalue weighted by Gasteiger charge is 2.09. The minimum absolute atomic E-state index is 0.349. The van der Waals surface area contributed by atoms with Crippen molar-refractivity contribution < 1.29 is 14.2 Å². The van der Waals surface area contributed by atoms with Gasteiger partial charge in [0, 0.05) is 17.4 Å². The Morgan fingerprint density at radius 3 is 2.87 bits per heavy atom. The number of halogens is 1. The summed E-state index contributed by atoms with van der Waals surface area (Å²) in [5.74, 6) is 0.924. The number of aliphatic hydroxyl groups excluding tert-OH is 1. The van der Waals surface area contributed by atoms with Crippen molar-refractivity contribution >= 4 is 11.8 Å². The van der Waals surface area contributed by atoms with Crippen molar-refractivity contribution in [2.45, 2.75) is 13.0 Å². The Bertz CT molecular complexity index is 315. The first kappa shape index (κ1) is 12.3. The molecule has 0 aromatic heterocycles. The third-order valence-electron chi connectivity index (χ3n) is 1.97. The number of rotatable bonds is 5. The van der Waals surface area contributed by atoms with Gasteiger partial charge in [-0.1, -0.05) is 0 Å². The summed E-state index contributed by atoms with van der Waals surface area (Å²) in [6, 6.07) is 4.18. The molecule has 0 aliphatic carbocycles. The molecule has 0 amide bonds. The normalized spacial score (nSPS) is 12.5. The Kier molecular flexibility index (Phi) is 4.91. The minimum atomic E-state index is -0.644. The molecule has 1 atom stereocenters. The van der Waals surface area contributed by atoms with Crippen LogP contribution < -0.4 is 4.74 Å². The fourth-order valence-corrected chi connectivity index (χ4v) is 1.46. The zero-order valence-electron chi connectivity index (χ0n) is 8.87. The van der Waals surface area contributed by atoms with Gasteiger partial charge in [0.1, 0.15) is 11.6 Å². The smallest absolute Gasteiger partial charge is 0.128 e. The van der Waals surface area contributed by atoms with Crippen LogP contribution in [0.15, 0.2) is 18.2 Å². The summed E-state index contributed by atoms with van der Waals surface area (Å²) < 4.78 is 18.4. The van der Waals surface area contributed by atoms with Crippen LogP contribution in [-0.2, 0) is 0 Å². The zero-order chi connectivity index (χ0) is 11.3. The van der Waals surface area contributed by atoms with E-state index in [9.17, 15) is 9.50 Å². The number of aliphatic hydroxyl groups is 1. The van der Waals surface area contributed by atoms with Gasteiger partial charge >= 0.3 is 0 Å². The van der Waals surface area contributed by atoms with Gasteiger partial charge in [-0.25, -0.2) is 4.39 Å². The summed E-state index contributed by atoms with van der Waals surface area (Å²) in [6.07, 6.45) is 1.33. The fourth-order valence-electron chi connectivity index (χ4n) is 1.21. The van der Waals surface area contributed by atoms with Crippen molar-refractivity contribution in [2.24, 2.45) is 0 Å². The summed E-state index contributed by atoms with van der Waals surface area (Å²) in [6.45, 7) is 2.15. The summed E-state index contributed by atoms with van der Waals surface area (Å²) in [5, 5.41) is 9.44. The molecule has 1 rings (SSSR count). The zero-order valence-corrected chi connectivity index (χ0v) is 9.68. The molecule has 15 heavy (non-hydrogen) atoms. The van der Waals surface area contributed by atoms with Gasteiger partial charge in [-0.3, -0.25) is 0 Å². The van der Waals surface area contributed by atoms with Gasteiger partial charge in [-0.15, -0.1) is 0 Å². The highest BCUT2D eigenvalue weighted by atomic mass is 32.2. The molecule has 4 heteroatoms. The third kappa shape index (κ3) is 3.72. The standard InChI is InChI=1S/C11H15FO2S/c1-8(13)10-4-3-9(12)7-11(10)14-5-6-15-2/h3-4,7-8,13H,5-6H2,1-2H3/t8-/m0/s1. The molecular weight excluding hydrogens is 215 g/mol. The molecule has 0 aliphatic heterocycles. The van der Waals surface area contributed by atoms with Crippen molar-refractivity contribution in [1.82, 2.24) is 0 Å². The van der Waals surface area contributed by atoms with E-state index < -0.39 is 6.10 Å². The van der Waals surface area contributed by atoms with Gasteiger partial charge < -0.3 is 9.84 Å². The van der Waals surface area contributed by atoms with E-state index in [-0.39, 0.29) is 5.82 Å². The van der Waals surface area contributed by atoms with Gasteiger partial charge in [-0.2, -0.15) is 11.8 Å². The third-order valence-corrected chi connectivity index (χ3v) is 2.55. The van der Waals surface area contributed by atoms with E-state index in [1.165, 1.54) is 12.1 Å². The number of benzene rings is 1. The second-order valence-corrected chi connectivity index (χ2v) is 4.18. The lowest BCUT2D eigenvalue weighted by Crippen LogP contribution is -2.04. The molecule has 0 bridgehead atoms. The summed E-state index contributed by atoms with van der Waals surface area (Å²) in [4.78, 5) is 0. The van der Waals surface area contributed by atoms with Crippen molar-refractivity contribution in [3.8, 4) is 5.75 Å². The number of ether oxygens (including phenoxy) is 1. The van der Waals surface area contributed by atoms with Gasteiger partial charge in [0.2, 0.25) is 0 Å². The van der Waals surface area contributed by atoms with Gasteiger partial charge in [0.25, 0.3) is 0 Å². The van der Waals surface area contributed by atoms with Crippen LogP contribution in [0.5, 0.6) is 5.75 Å². The molecule has 0 saturated carbocycles. The Balaban J connectivity index is 2.77. The maximum absolute atomic E-state index is 13.0. The summed E-state index contributed by atoms with van der Waals surface area (Å²) >= 11 is 1.66. The van der Waals surface area contributed by atoms with Crippen LogP contribution in [0.2, 0.25) is 0 Å². The van der Waals surface area contributed by atoms with Crippen LogP contribution in [-0.4, -0.2) is 23.7 Å². The van der Waals surface area contributed by atoms with Crippen molar-refractivity contribution in [3.05, 3.63) is 29.6 Å². The first-order chi connectivity index (χ1) is 7.15. The molecule has 1 N–H and O–H groups in total. The van der Waals surface area contributed by atoms with Gasteiger partial charge in [0.15, 0.2) is 0 Å². The monoisotopic (exact) mass is 230 g/mol. The van der Waals surface area contributed by atoms with Crippen LogP contribution in [0, 0.1) is 5.82 Å². The van der Waals surface area contributed by atoms with E-state index in [0.29, 0.717) is 17.9 Å². The fraction of sp³-hybridized carbons (Fsp3) is 0.455. The van der Waals surface area contributed by atoms with Crippen molar-refractivity contribution in [2.75, 3.05) is 18.6 Å². The molecule has 0 heterocycles. The predicted molar refractivity (Wildman–Crippen MR) is 60.9 cm³/mol. The Labute approximate surface area is 93.5 Å². The largest absolute Gasteiger partial charge is 0.492 e. The van der Waals surface area contributed by atoms with E-state index in [4.69, 9.17) is 4.74 Å². The number of hydrogen-bond acceptors (Lipinski definition) is 3. The van der Waals surface area contributed by atoms with Crippen LogP contribution in [0.4, 0.5) is 4.39 Å². The first-order valence-corrected chi connectivity index (χ1v) is 6.13. The van der Waals surface area contributed by atoms with Crippen molar-refractivity contribution in [3.63, 3.8) is 0 Å². The number of hydrogen-bond donors (Lipinski definition) is 1. The van der Waals surface area contributed by atoms with E-state index in [2.05, 4.69) is 0 Å². The van der Waals surface area contributed by atoms with Gasteiger partial charge in [0.05, 0.1) is 12.7 Å². The van der Waals surface area contributed by atoms with Gasteiger partial charge in [-0.05, 0) is 25.3 Å². The minimum Gasteiger partial charge on any atom is -0.492 e.